The van der Waals surface area contributed by atoms with E-state index in [0.29, 0.717) is 43.9 Å². The van der Waals surface area contributed by atoms with Crippen LogP contribution in [0, 0.1) is 17.8 Å². The first-order chi connectivity index (χ1) is 17.1. The number of anilines is 1. The van der Waals surface area contributed by atoms with Gasteiger partial charge in [-0.15, -0.1) is 0 Å². The summed E-state index contributed by atoms with van der Waals surface area (Å²) in [6.45, 7) is 10.5. The summed E-state index contributed by atoms with van der Waals surface area (Å²) in [5.41, 5.74) is -1.33. The largest absolute Gasteiger partial charge is 0.494 e. The number of fused-ring (bicyclic) bond motifs is 1. The second-order valence-electron chi connectivity index (χ2n) is 10.8. The smallest absolute Gasteiger partial charge is 0.246 e. The highest BCUT2D eigenvalue weighted by molar-refractivity contribution is 6.02. The maximum absolute atomic E-state index is 13.9. The molecule has 198 valence electrons. The zero-order chi connectivity index (χ0) is 26.3. The van der Waals surface area contributed by atoms with Crippen molar-refractivity contribution >= 4 is 23.4 Å². The van der Waals surface area contributed by atoms with Crippen molar-refractivity contribution in [3.8, 4) is 5.75 Å². The predicted molar refractivity (Wildman–Crippen MR) is 134 cm³/mol. The van der Waals surface area contributed by atoms with E-state index in [4.69, 9.17) is 9.47 Å². The number of aliphatic hydroxyl groups excluding tert-OH is 1. The molecule has 1 aromatic rings. The summed E-state index contributed by atoms with van der Waals surface area (Å²) in [5, 5.41) is 15.2. The molecule has 3 saturated heterocycles. The van der Waals surface area contributed by atoms with Crippen molar-refractivity contribution in [3.05, 3.63) is 24.3 Å². The Morgan fingerprint density at radius 2 is 1.92 bits per heavy atom. The molecule has 3 N–H and O–H groups in total. The van der Waals surface area contributed by atoms with Crippen LogP contribution in [0.4, 0.5) is 5.69 Å². The van der Waals surface area contributed by atoms with Gasteiger partial charge in [0.15, 0.2) is 0 Å². The van der Waals surface area contributed by atoms with Crippen LogP contribution in [0.1, 0.15) is 53.9 Å². The molecule has 3 amide bonds. The molecule has 2 bridgehead atoms. The van der Waals surface area contributed by atoms with E-state index in [0.717, 1.165) is 0 Å². The zero-order valence-electron chi connectivity index (χ0n) is 21.9. The molecule has 9 heteroatoms. The maximum atomic E-state index is 13.9. The first-order valence-corrected chi connectivity index (χ1v) is 13.0. The molecule has 6 atom stereocenters. The lowest BCUT2D eigenvalue weighted by molar-refractivity contribution is -0.146. The molecule has 9 nitrogen and oxygen atoms in total. The highest BCUT2D eigenvalue weighted by atomic mass is 16.5. The number of amides is 3. The van der Waals surface area contributed by atoms with Crippen LogP contribution in [0.2, 0.25) is 0 Å². The molecule has 0 aliphatic carbocycles. The summed E-state index contributed by atoms with van der Waals surface area (Å²) in [6, 6.07) is 6.21. The van der Waals surface area contributed by atoms with Crippen LogP contribution in [0.5, 0.6) is 5.75 Å². The number of aliphatic hydroxyl groups is 1. The maximum Gasteiger partial charge on any atom is 0.246 e. The SMILES string of the molecule is CCOc1ccc(NC(=O)[C@H]2[C@H]3C(=O)N(CCCCO)C(C(=O)NC(C)C)C34CC(C)[C@]2(C)O4)cc1. The van der Waals surface area contributed by atoms with Crippen molar-refractivity contribution in [2.45, 2.75) is 77.2 Å². The average Bonchev–Trinajstić information content (AvgIpc) is 3.32. The van der Waals surface area contributed by atoms with Gasteiger partial charge in [-0.1, -0.05) is 6.92 Å². The van der Waals surface area contributed by atoms with Gasteiger partial charge in [0, 0.05) is 24.9 Å². The quantitative estimate of drug-likeness (QED) is 0.424. The van der Waals surface area contributed by atoms with Crippen LogP contribution >= 0.6 is 0 Å². The Labute approximate surface area is 212 Å². The Hall–Kier alpha value is -2.65. The topological polar surface area (TPSA) is 117 Å². The van der Waals surface area contributed by atoms with Gasteiger partial charge in [0.05, 0.1) is 24.0 Å². The van der Waals surface area contributed by atoms with E-state index >= 15 is 0 Å². The van der Waals surface area contributed by atoms with Crippen LogP contribution in [0.25, 0.3) is 0 Å². The Morgan fingerprint density at radius 1 is 1.22 bits per heavy atom. The molecule has 0 radical (unpaired) electrons. The van der Waals surface area contributed by atoms with Gasteiger partial charge >= 0.3 is 0 Å². The molecule has 1 aromatic carbocycles. The lowest BCUT2D eigenvalue weighted by atomic mass is 9.62. The van der Waals surface area contributed by atoms with Crippen LogP contribution in [0.3, 0.4) is 0 Å². The Morgan fingerprint density at radius 3 is 2.53 bits per heavy atom. The van der Waals surface area contributed by atoms with E-state index in [9.17, 15) is 19.5 Å². The number of likely N-dealkylation sites (tertiary alicyclic amines) is 1. The second kappa shape index (κ2) is 10.0. The monoisotopic (exact) mass is 501 g/mol. The summed E-state index contributed by atoms with van der Waals surface area (Å²) in [6.07, 6.45) is 1.61. The molecule has 0 saturated carbocycles. The van der Waals surface area contributed by atoms with Gasteiger partial charge in [-0.25, -0.2) is 0 Å². The molecular weight excluding hydrogens is 462 g/mol. The number of carbonyl (C=O) groups excluding carboxylic acids is 3. The van der Waals surface area contributed by atoms with Crippen LogP contribution in [-0.2, 0) is 19.1 Å². The molecule has 3 aliphatic rings. The second-order valence-corrected chi connectivity index (χ2v) is 10.8. The minimum atomic E-state index is -1.07. The summed E-state index contributed by atoms with van der Waals surface area (Å²) in [7, 11) is 0. The fourth-order valence-electron chi connectivity index (χ4n) is 6.46. The van der Waals surface area contributed by atoms with Crippen molar-refractivity contribution in [2.24, 2.45) is 17.8 Å². The first kappa shape index (κ1) is 26.4. The lowest BCUT2D eigenvalue weighted by Gasteiger charge is -2.36. The van der Waals surface area contributed by atoms with E-state index in [1.807, 2.05) is 34.6 Å². The summed E-state index contributed by atoms with van der Waals surface area (Å²) in [5.74, 6) is -1.57. The molecule has 36 heavy (non-hydrogen) atoms. The Bertz CT molecular complexity index is 998. The summed E-state index contributed by atoms with van der Waals surface area (Å²) < 4.78 is 12.2. The minimum absolute atomic E-state index is 0.0121. The minimum Gasteiger partial charge on any atom is -0.494 e. The third-order valence-electron chi connectivity index (χ3n) is 8.02. The number of benzene rings is 1. The third kappa shape index (κ3) is 4.26. The van der Waals surface area contributed by atoms with Gasteiger partial charge in [0.1, 0.15) is 17.4 Å². The average molecular weight is 502 g/mol. The number of carbonyl (C=O) groups is 3. The number of nitrogens with one attached hydrogen (secondary N) is 2. The van der Waals surface area contributed by atoms with Crippen molar-refractivity contribution in [3.63, 3.8) is 0 Å². The van der Waals surface area contributed by atoms with Crippen LogP contribution in [-0.4, -0.2) is 70.8 Å². The van der Waals surface area contributed by atoms with Crippen molar-refractivity contribution in [2.75, 3.05) is 25.1 Å². The van der Waals surface area contributed by atoms with Crippen molar-refractivity contribution in [1.82, 2.24) is 10.2 Å². The highest BCUT2D eigenvalue weighted by Crippen LogP contribution is 2.65. The van der Waals surface area contributed by atoms with Gasteiger partial charge in [-0.2, -0.15) is 0 Å². The molecule has 3 heterocycles. The van der Waals surface area contributed by atoms with Gasteiger partial charge in [-0.05, 0) is 77.1 Å². The van der Waals surface area contributed by atoms with E-state index in [1.54, 1.807) is 29.2 Å². The van der Waals surface area contributed by atoms with Crippen molar-refractivity contribution < 1.29 is 29.0 Å². The molecule has 3 fully saturated rings. The molecule has 4 rings (SSSR count). The van der Waals surface area contributed by atoms with Crippen LogP contribution in [0.15, 0.2) is 24.3 Å². The summed E-state index contributed by atoms with van der Waals surface area (Å²) >= 11 is 0. The fourth-order valence-corrected chi connectivity index (χ4v) is 6.46. The lowest BCUT2D eigenvalue weighted by Crippen LogP contribution is -2.56. The Kier molecular flexibility index (Phi) is 7.35. The molecule has 1 spiro atoms. The zero-order valence-corrected chi connectivity index (χ0v) is 21.9. The number of unbranched alkanes of at least 4 members (excludes halogenated alkanes) is 1. The Balaban J connectivity index is 1.67. The van der Waals surface area contributed by atoms with E-state index < -0.39 is 29.1 Å². The number of hydrogen-bond donors (Lipinski definition) is 3. The molecule has 0 aromatic heterocycles. The molecule has 3 unspecified atom stereocenters. The number of hydrogen-bond acceptors (Lipinski definition) is 6. The van der Waals surface area contributed by atoms with Gasteiger partial charge in [-0.3, -0.25) is 14.4 Å². The van der Waals surface area contributed by atoms with Gasteiger partial charge < -0.3 is 30.1 Å². The van der Waals surface area contributed by atoms with Gasteiger partial charge in [0.25, 0.3) is 0 Å². The van der Waals surface area contributed by atoms with E-state index in [1.165, 1.54) is 0 Å². The van der Waals surface area contributed by atoms with Gasteiger partial charge in [0.2, 0.25) is 17.7 Å². The first-order valence-electron chi connectivity index (χ1n) is 13.0. The summed E-state index contributed by atoms with van der Waals surface area (Å²) in [4.78, 5) is 42.7. The number of nitrogens with zero attached hydrogens (tertiary/aromatic N) is 1. The van der Waals surface area contributed by atoms with Crippen molar-refractivity contribution in [1.29, 1.82) is 0 Å². The van der Waals surface area contributed by atoms with Crippen LogP contribution < -0.4 is 15.4 Å². The fraction of sp³-hybridized carbons (Fsp3) is 0.667. The normalized spacial score (nSPS) is 32.6. The predicted octanol–water partition coefficient (Wildman–Crippen LogP) is 2.33. The van der Waals surface area contributed by atoms with E-state index in [-0.39, 0.29) is 36.3 Å². The standard InChI is InChI=1S/C27H39N3O6/c1-6-35-19-11-9-18(10-12-19)29-23(32)20-21-25(34)30(13-7-8-14-31)22(24(33)28-16(2)3)27(21)15-17(4)26(20,5)36-27/h9-12,16-17,20-22,31H,6-8,13-15H2,1-5H3,(H,28,33)(H,29,32)/t17?,20-,21+,22?,26+,27?/m1/s1. The number of rotatable bonds is 10. The van der Waals surface area contributed by atoms with E-state index in [2.05, 4.69) is 10.6 Å². The molecule has 3 aliphatic heterocycles. The third-order valence-corrected chi connectivity index (χ3v) is 8.02. The number of ether oxygens (including phenoxy) is 2. The highest BCUT2D eigenvalue weighted by Gasteiger charge is 2.79. The molecular formula is C27H39N3O6.